The number of benzene rings is 3. The fourth-order valence-corrected chi connectivity index (χ4v) is 2.59. The summed E-state index contributed by atoms with van der Waals surface area (Å²) in [5.41, 5.74) is 1.54. The van der Waals surface area contributed by atoms with Gasteiger partial charge in [-0.2, -0.15) is 0 Å². The Bertz CT molecular complexity index is 987. The van der Waals surface area contributed by atoms with Crippen LogP contribution in [0.5, 0.6) is 11.5 Å². The molecule has 0 aromatic heterocycles. The molecule has 30 heavy (non-hydrogen) atoms. The number of anilines is 2. The van der Waals surface area contributed by atoms with E-state index in [-0.39, 0.29) is 24.2 Å². The number of hydrogen-bond donors (Lipinski definition) is 2. The van der Waals surface area contributed by atoms with Crippen molar-refractivity contribution < 1.29 is 23.5 Å². The monoisotopic (exact) mass is 408 g/mol. The van der Waals surface area contributed by atoms with Gasteiger partial charge in [-0.1, -0.05) is 0 Å². The highest BCUT2D eigenvalue weighted by atomic mass is 19.1. The maximum Gasteiger partial charge on any atom is 0.262 e. The molecule has 154 valence electrons. The first-order valence-corrected chi connectivity index (χ1v) is 9.36. The van der Waals surface area contributed by atoms with Crippen LogP contribution in [0.2, 0.25) is 0 Å². The van der Waals surface area contributed by atoms with E-state index in [9.17, 15) is 14.0 Å². The van der Waals surface area contributed by atoms with Crippen LogP contribution in [0, 0.1) is 5.82 Å². The number of ether oxygens (including phenoxy) is 2. The summed E-state index contributed by atoms with van der Waals surface area (Å²) in [7, 11) is 0. The van der Waals surface area contributed by atoms with Gasteiger partial charge in [-0.3, -0.25) is 9.59 Å². The van der Waals surface area contributed by atoms with Gasteiger partial charge in [-0.15, -0.1) is 0 Å². The molecule has 0 saturated heterocycles. The van der Waals surface area contributed by atoms with Crippen LogP contribution >= 0.6 is 0 Å². The van der Waals surface area contributed by atoms with Gasteiger partial charge in [-0.25, -0.2) is 4.39 Å². The lowest BCUT2D eigenvalue weighted by Crippen LogP contribution is -2.20. The van der Waals surface area contributed by atoms with E-state index < -0.39 is 0 Å². The van der Waals surface area contributed by atoms with Gasteiger partial charge < -0.3 is 20.1 Å². The highest BCUT2D eigenvalue weighted by molar-refractivity contribution is 6.04. The van der Waals surface area contributed by atoms with Crippen molar-refractivity contribution >= 4 is 23.2 Å². The molecule has 3 rings (SSSR count). The summed E-state index contributed by atoms with van der Waals surface area (Å²) in [5, 5.41) is 5.41. The first-order valence-electron chi connectivity index (χ1n) is 9.36. The standard InChI is InChI=1S/C23H21FN2O4/c1-2-29-20-13-9-18(10-14-20)25-22(27)15-30-21-11-3-16(4-12-21)23(28)26-19-7-5-17(24)6-8-19/h3-14H,2,15H2,1H3,(H,25,27)(H,26,28). The number of nitrogens with one attached hydrogen (secondary N) is 2. The highest BCUT2D eigenvalue weighted by Gasteiger charge is 2.08. The van der Waals surface area contributed by atoms with Gasteiger partial charge >= 0.3 is 0 Å². The zero-order valence-corrected chi connectivity index (χ0v) is 16.4. The summed E-state index contributed by atoms with van der Waals surface area (Å²) in [6.07, 6.45) is 0. The van der Waals surface area contributed by atoms with Gasteiger partial charge in [0.2, 0.25) is 0 Å². The molecule has 2 amide bonds. The van der Waals surface area contributed by atoms with Gasteiger partial charge in [0, 0.05) is 16.9 Å². The molecular formula is C23H21FN2O4. The lowest BCUT2D eigenvalue weighted by Gasteiger charge is -2.09. The van der Waals surface area contributed by atoms with Gasteiger partial charge in [-0.05, 0) is 79.7 Å². The zero-order valence-electron chi connectivity index (χ0n) is 16.4. The Balaban J connectivity index is 1.48. The predicted octanol–water partition coefficient (Wildman–Crippen LogP) is 4.49. The second kappa shape index (κ2) is 10.1. The summed E-state index contributed by atoms with van der Waals surface area (Å²) in [5.74, 6) is 0.172. The summed E-state index contributed by atoms with van der Waals surface area (Å²) < 4.78 is 23.7. The molecule has 0 spiro atoms. The van der Waals surface area contributed by atoms with Crippen LogP contribution < -0.4 is 20.1 Å². The number of carbonyl (C=O) groups excluding carboxylic acids is 2. The highest BCUT2D eigenvalue weighted by Crippen LogP contribution is 2.17. The van der Waals surface area contributed by atoms with E-state index in [0.29, 0.717) is 29.3 Å². The van der Waals surface area contributed by atoms with Crippen LogP contribution in [-0.2, 0) is 4.79 Å². The minimum atomic E-state index is -0.374. The van der Waals surface area contributed by atoms with Crippen LogP contribution in [0.4, 0.5) is 15.8 Å². The number of rotatable bonds is 8. The van der Waals surface area contributed by atoms with Gasteiger partial charge in [0.25, 0.3) is 11.8 Å². The summed E-state index contributed by atoms with van der Waals surface area (Å²) >= 11 is 0. The molecule has 0 heterocycles. The van der Waals surface area contributed by atoms with Gasteiger partial charge in [0.15, 0.2) is 6.61 Å². The van der Waals surface area contributed by atoms with Crippen LogP contribution in [0.15, 0.2) is 72.8 Å². The van der Waals surface area contributed by atoms with Crippen molar-refractivity contribution in [1.82, 2.24) is 0 Å². The van der Waals surface area contributed by atoms with Crippen molar-refractivity contribution in [2.75, 3.05) is 23.8 Å². The van der Waals surface area contributed by atoms with Crippen molar-refractivity contribution in [3.05, 3.63) is 84.2 Å². The first-order chi connectivity index (χ1) is 14.5. The third-order valence-electron chi connectivity index (χ3n) is 4.04. The fourth-order valence-electron chi connectivity index (χ4n) is 2.59. The SMILES string of the molecule is CCOc1ccc(NC(=O)COc2ccc(C(=O)Nc3ccc(F)cc3)cc2)cc1. The van der Waals surface area contributed by atoms with Crippen LogP contribution in [-0.4, -0.2) is 25.0 Å². The van der Waals surface area contributed by atoms with Gasteiger partial charge in [0.1, 0.15) is 17.3 Å². The van der Waals surface area contributed by atoms with E-state index >= 15 is 0 Å². The van der Waals surface area contributed by atoms with E-state index in [2.05, 4.69) is 10.6 Å². The van der Waals surface area contributed by atoms with Crippen molar-refractivity contribution in [3.63, 3.8) is 0 Å². The second-order valence-electron chi connectivity index (χ2n) is 6.28. The summed E-state index contributed by atoms with van der Waals surface area (Å²) in [6.45, 7) is 2.30. The molecule has 0 unspecified atom stereocenters. The molecule has 0 radical (unpaired) electrons. The molecule has 0 aliphatic heterocycles. The lowest BCUT2D eigenvalue weighted by molar-refractivity contribution is -0.118. The molecule has 6 nitrogen and oxygen atoms in total. The zero-order chi connectivity index (χ0) is 21.3. The number of amides is 2. The number of halogens is 1. The van der Waals surface area contributed by atoms with E-state index in [1.807, 2.05) is 6.92 Å². The van der Waals surface area contributed by atoms with Crippen LogP contribution in [0.3, 0.4) is 0 Å². The lowest BCUT2D eigenvalue weighted by atomic mass is 10.2. The quantitative estimate of drug-likeness (QED) is 0.576. The molecule has 0 fully saturated rings. The van der Waals surface area contributed by atoms with E-state index in [4.69, 9.17) is 9.47 Å². The molecule has 0 aliphatic carbocycles. The largest absolute Gasteiger partial charge is 0.494 e. The molecule has 3 aromatic rings. The molecule has 0 atom stereocenters. The maximum absolute atomic E-state index is 12.9. The summed E-state index contributed by atoms with van der Waals surface area (Å²) in [6, 6.07) is 18.9. The Hall–Kier alpha value is -3.87. The Morgan fingerprint density at radius 2 is 1.30 bits per heavy atom. The minimum absolute atomic E-state index is 0.172. The third kappa shape index (κ3) is 6.07. The van der Waals surface area contributed by atoms with E-state index in [1.165, 1.54) is 24.3 Å². The Morgan fingerprint density at radius 3 is 1.93 bits per heavy atom. The molecule has 3 aromatic carbocycles. The Kier molecular flexibility index (Phi) is 7.00. The topological polar surface area (TPSA) is 76.7 Å². The van der Waals surface area contributed by atoms with Crippen molar-refractivity contribution in [3.8, 4) is 11.5 Å². The molecule has 0 bridgehead atoms. The average molecular weight is 408 g/mol. The molecular weight excluding hydrogens is 387 g/mol. The molecule has 0 saturated carbocycles. The van der Waals surface area contributed by atoms with Crippen molar-refractivity contribution in [2.24, 2.45) is 0 Å². The second-order valence-corrected chi connectivity index (χ2v) is 6.28. The molecule has 7 heteroatoms. The van der Waals surface area contributed by atoms with Gasteiger partial charge in [0.05, 0.1) is 6.61 Å². The molecule has 2 N–H and O–H groups in total. The number of hydrogen-bond acceptors (Lipinski definition) is 4. The van der Waals surface area contributed by atoms with Crippen molar-refractivity contribution in [2.45, 2.75) is 6.92 Å². The minimum Gasteiger partial charge on any atom is -0.494 e. The van der Waals surface area contributed by atoms with Crippen LogP contribution in [0.1, 0.15) is 17.3 Å². The fraction of sp³-hybridized carbons (Fsp3) is 0.130. The van der Waals surface area contributed by atoms with E-state index in [1.54, 1.807) is 48.5 Å². The Morgan fingerprint density at radius 1 is 0.767 bits per heavy atom. The predicted molar refractivity (Wildman–Crippen MR) is 113 cm³/mol. The number of carbonyl (C=O) groups is 2. The normalized spacial score (nSPS) is 10.2. The average Bonchev–Trinajstić information content (AvgIpc) is 2.76. The van der Waals surface area contributed by atoms with E-state index in [0.717, 1.165) is 5.75 Å². The first kappa shape index (κ1) is 20.9. The third-order valence-corrected chi connectivity index (χ3v) is 4.04. The summed E-state index contributed by atoms with van der Waals surface area (Å²) in [4.78, 5) is 24.3. The smallest absolute Gasteiger partial charge is 0.262 e. The molecule has 0 aliphatic rings. The maximum atomic E-state index is 12.9. The Labute approximate surface area is 173 Å². The van der Waals surface area contributed by atoms with Crippen LogP contribution in [0.25, 0.3) is 0 Å². The van der Waals surface area contributed by atoms with Crippen molar-refractivity contribution in [1.29, 1.82) is 0 Å².